The molecule has 0 radical (unpaired) electrons. The van der Waals surface area contributed by atoms with Gasteiger partial charge in [0.15, 0.2) is 53.9 Å². The molecule has 0 aliphatic carbocycles. The molecule has 9 rings (SSSR count). The van der Waals surface area contributed by atoms with Crippen molar-refractivity contribution in [3.63, 3.8) is 0 Å². The largest absolute Gasteiger partial charge is 0.756 e. The van der Waals surface area contributed by atoms with Crippen LogP contribution in [0, 0.1) is 0 Å². The monoisotopic (exact) mass is 1130 g/mol. The normalized spacial score (nSPS) is 28.0. The molecule has 17 N–H and O–H groups in total. The third kappa shape index (κ3) is 13.4. The Bertz CT molecular complexity index is 3160. The molecule has 36 nitrogen and oxygen atoms in total. The molecular formula is C37H47N14O22P3. The third-order valence-corrected chi connectivity index (χ3v) is 14.2. The lowest BCUT2D eigenvalue weighted by molar-refractivity contribution is -0.765. The average Bonchev–Trinajstić information content (AvgIpc) is 4.22. The first kappa shape index (κ1) is 57.7. The van der Waals surface area contributed by atoms with Gasteiger partial charge < -0.3 is 91.9 Å². The molecule has 0 spiro atoms. The minimum atomic E-state index is -5.72. The molecular weight excluding hydrogens is 1090 g/mol. The number of ether oxygens (including phenoxy) is 3. The number of carbonyl (C=O) groups excluding carboxylic acids is 2. The van der Waals surface area contributed by atoms with E-state index < -0.39 is 129 Å². The van der Waals surface area contributed by atoms with E-state index in [4.69, 9.17) is 42.3 Å². The quantitative estimate of drug-likeness (QED) is 0.0318. The number of aliphatic hydroxyl groups excluding tert-OH is 6. The summed E-state index contributed by atoms with van der Waals surface area (Å²) in [5, 5.41) is 60.2. The van der Waals surface area contributed by atoms with Gasteiger partial charge in [-0.25, -0.2) is 43.3 Å². The summed E-state index contributed by atoms with van der Waals surface area (Å²) in [4.78, 5) is 90.4. The van der Waals surface area contributed by atoms with Gasteiger partial charge in [-0.15, -0.1) is 0 Å². The van der Waals surface area contributed by atoms with Gasteiger partial charge in [0.2, 0.25) is 5.91 Å². The fraction of sp³-hybridized carbons (Fsp3) is 0.405. The molecule has 6 aromatic rings. The van der Waals surface area contributed by atoms with Gasteiger partial charge in [0.05, 0.1) is 38.0 Å². The predicted octanol–water partition coefficient (Wildman–Crippen LogP) is -5.33. The van der Waals surface area contributed by atoms with Crippen molar-refractivity contribution in [2.75, 3.05) is 31.3 Å². The van der Waals surface area contributed by atoms with Crippen LogP contribution in [0.4, 0.5) is 11.6 Å². The second-order valence-electron chi connectivity index (χ2n) is 16.2. The number of pyridine rings is 2. The Labute approximate surface area is 424 Å². The number of imidazole rings is 2. The van der Waals surface area contributed by atoms with Crippen molar-refractivity contribution >= 4 is 69.2 Å². The zero-order chi connectivity index (χ0) is 55.4. The van der Waals surface area contributed by atoms with Crippen LogP contribution >= 0.6 is 23.5 Å². The minimum Gasteiger partial charge on any atom is -0.756 e. The molecule has 76 heavy (non-hydrogen) atoms. The number of nitrogen functional groups attached to an aromatic ring is 2. The number of aliphatic hydroxyl groups is 6. The summed E-state index contributed by atoms with van der Waals surface area (Å²) in [7, 11) is -16.6. The molecule has 6 aromatic heterocycles. The van der Waals surface area contributed by atoms with Gasteiger partial charge in [0, 0.05) is 18.5 Å². The maximum absolute atomic E-state index is 12.5. The third-order valence-electron chi connectivity index (χ3n) is 11.1. The highest BCUT2D eigenvalue weighted by molar-refractivity contribution is 7.60. The lowest BCUT2D eigenvalue weighted by Crippen LogP contribution is -2.46. The van der Waals surface area contributed by atoms with E-state index in [1.165, 1.54) is 52.5 Å². The Morgan fingerprint density at radius 2 is 1.26 bits per heavy atom. The number of phosphoric acid groups is 3. The standard InChI is InChI=1S/C21H28N7O17P3.C10H13N5O4.C6H6N2O/c22-17-12-19(25-7-24-17)28(8-26-12)21-16(44-46(33,34)35)14(30)11(43-21)6-41-48(38,39)45-47(36,37)40-5-10-13(29)15(31)20(42-10)27-3-1-2-9(4-27)18(23)32;11-8-5-9(13-2-12-8)15(3-14-5)10-7(18)6(17)4(1-16)19-10;7-6(9)5-2-1-3-8-4-5/h1-4,7-8,10-11,13-16,20-21,29-31H,5-6H2,(H7-,22,23,24,25,32,33,34,35,36,37,38,39);2-4,6-7,10,16-18H,1H2,(H2,11,12,13);1-4H,(H2,7,9)/t10-,11-,13-,14-,15-,16-,20-,21-;4-,6-,7-,10-;/m11./s1. The molecule has 3 saturated heterocycles. The van der Waals surface area contributed by atoms with E-state index >= 15 is 0 Å². The van der Waals surface area contributed by atoms with Gasteiger partial charge in [-0.1, -0.05) is 0 Å². The molecule has 2 amide bonds. The number of nitrogens with zero attached hydrogens (tertiary/aromatic N) is 10. The van der Waals surface area contributed by atoms with Crippen molar-refractivity contribution in [2.24, 2.45) is 11.5 Å². The van der Waals surface area contributed by atoms with Crippen molar-refractivity contribution < 1.29 is 110 Å². The zero-order valence-corrected chi connectivity index (χ0v) is 41.1. The van der Waals surface area contributed by atoms with Gasteiger partial charge in [-0.3, -0.25) is 37.3 Å². The van der Waals surface area contributed by atoms with Crippen molar-refractivity contribution in [3.8, 4) is 0 Å². The van der Waals surface area contributed by atoms with Crippen LogP contribution < -0.4 is 32.4 Å². The number of primary amides is 2. The van der Waals surface area contributed by atoms with Crippen LogP contribution in [0.25, 0.3) is 22.3 Å². The van der Waals surface area contributed by atoms with E-state index in [0.717, 1.165) is 17.2 Å². The molecule has 14 atom stereocenters. The number of nitrogens with two attached hydrogens (primary N) is 4. The number of amides is 2. The number of hydrogen-bond acceptors (Lipinski definition) is 28. The van der Waals surface area contributed by atoms with Crippen LogP contribution in [0.1, 0.15) is 39.4 Å². The van der Waals surface area contributed by atoms with Crippen molar-refractivity contribution in [1.29, 1.82) is 0 Å². The molecule has 9 heterocycles. The molecule has 39 heteroatoms. The van der Waals surface area contributed by atoms with Crippen LogP contribution in [0.15, 0.2) is 74.4 Å². The number of phosphoric ester groups is 3. The van der Waals surface area contributed by atoms with Crippen LogP contribution in [0.5, 0.6) is 0 Å². The maximum atomic E-state index is 12.5. The van der Waals surface area contributed by atoms with Gasteiger partial charge in [-0.2, -0.15) is 4.57 Å². The van der Waals surface area contributed by atoms with E-state index in [1.54, 1.807) is 18.3 Å². The summed E-state index contributed by atoms with van der Waals surface area (Å²) < 4.78 is 74.7. The van der Waals surface area contributed by atoms with Crippen LogP contribution in [-0.4, -0.2) is 176 Å². The first-order valence-corrected chi connectivity index (χ1v) is 26.0. The molecule has 2 unspecified atom stereocenters. The lowest BCUT2D eigenvalue weighted by Gasteiger charge is -2.26. The summed E-state index contributed by atoms with van der Waals surface area (Å²) in [5.74, 6) is -1.09. The number of hydrogen-bond donors (Lipinski definition) is 13. The first-order valence-electron chi connectivity index (χ1n) is 21.5. The SMILES string of the molecule is NC(=O)c1ccc[n+]([C@@H]2O[C@H](COP(=O)([O-])OP(=O)(O)OC[C@H]3O[C@@H](n4cnc5c(N)ncnc54)[C@H](OP(=O)(O)O)[C@@H]3O)[C@@H](O)[C@H]2O)c1.NC(=O)c1cccnc1.Nc1ncnc2c1ncn2[C@@H]1O[C@H](CO)[C@@H](O)[C@H]1O. The fourth-order valence-electron chi connectivity index (χ4n) is 7.50. The van der Waals surface area contributed by atoms with E-state index in [0.29, 0.717) is 16.7 Å². The van der Waals surface area contributed by atoms with Gasteiger partial charge in [-0.05, 0) is 18.2 Å². The van der Waals surface area contributed by atoms with Crippen molar-refractivity contribution in [1.82, 2.24) is 44.0 Å². The van der Waals surface area contributed by atoms with Crippen LogP contribution in [0.3, 0.4) is 0 Å². The molecule has 0 bridgehead atoms. The van der Waals surface area contributed by atoms with Crippen molar-refractivity contribution in [3.05, 3.63) is 85.5 Å². The molecule has 3 fully saturated rings. The summed E-state index contributed by atoms with van der Waals surface area (Å²) in [6.07, 6.45) is -6.99. The molecule has 3 aliphatic heterocycles. The Morgan fingerprint density at radius 1 is 0.711 bits per heavy atom. The molecule has 0 aromatic carbocycles. The Hall–Kier alpha value is -6.05. The van der Waals surface area contributed by atoms with E-state index in [9.17, 15) is 68.4 Å². The second-order valence-corrected chi connectivity index (χ2v) is 20.3. The predicted molar refractivity (Wildman–Crippen MR) is 244 cm³/mol. The number of fused-ring (bicyclic) bond motifs is 2. The lowest BCUT2D eigenvalue weighted by atomic mass is 10.1. The summed E-state index contributed by atoms with van der Waals surface area (Å²) >= 11 is 0. The number of rotatable bonds is 16. The van der Waals surface area contributed by atoms with E-state index in [1.807, 2.05) is 0 Å². The Morgan fingerprint density at radius 3 is 1.80 bits per heavy atom. The van der Waals surface area contributed by atoms with Gasteiger partial charge in [0.25, 0.3) is 20.0 Å². The fourth-order valence-corrected chi connectivity index (χ4v) is 10.1. The Kier molecular flexibility index (Phi) is 18.0. The Balaban J connectivity index is 0.000000242. The smallest absolute Gasteiger partial charge is 0.478 e. The summed E-state index contributed by atoms with van der Waals surface area (Å²) in [6, 6.07) is 6.06. The maximum Gasteiger partial charge on any atom is 0.478 e. The highest BCUT2D eigenvalue weighted by Gasteiger charge is 2.51. The molecule has 412 valence electrons. The van der Waals surface area contributed by atoms with Crippen LogP contribution in [0.2, 0.25) is 0 Å². The summed E-state index contributed by atoms with van der Waals surface area (Å²) in [6.45, 7) is -2.51. The highest BCUT2D eigenvalue weighted by Crippen LogP contribution is 2.59. The van der Waals surface area contributed by atoms with Gasteiger partial charge in [0.1, 0.15) is 78.1 Å². The second kappa shape index (κ2) is 23.7. The summed E-state index contributed by atoms with van der Waals surface area (Å²) in [5.41, 5.74) is 22.9. The highest BCUT2D eigenvalue weighted by atomic mass is 31.3. The average molecular weight is 1130 g/mol. The minimum absolute atomic E-state index is 0.00541. The number of aromatic nitrogens is 10. The number of carbonyl (C=O) groups is 2. The molecule has 3 aliphatic rings. The van der Waals surface area contributed by atoms with Crippen molar-refractivity contribution in [2.45, 2.75) is 73.6 Å². The first-order chi connectivity index (χ1) is 35.8. The van der Waals surface area contributed by atoms with Crippen LogP contribution in [-0.2, 0) is 45.8 Å². The zero-order valence-electron chi connectivity index (χ0n) is 38.4. The van der Waals surface area contributed by atoms with E-state index in [2.05, 4.69) is 52.8 Å². The topological polar surface area (TPSA) is 563 Å². The molecule has 0 saturated carbocycles. The van der Waals surface area contributed by atoms with Gasteiger partial charge >= 0.3 is 15.6 Å². The number of anilines is 2. The van der Waals surface area contributed by atoms with E-state index in [-0.39, 0.29) is 28.4 Å².